The zero-order valence-electron chi connectivity index (χ0n) is 5.00. The van der Waals surface area contributed by atoms with E-state index in [4.69, 9.17) is 11.6 Å². The number of halogens is 1. The summed E-state index contributed by atoms with van der Waals surface area (Å²) in [5.74, 6) is 0. The van der Waals surface area contributed by atoms with Crippen LogP contribution in [0, 0.1) is 0 Å². The molecule has 0 aromatic carbocycles. The topological polar surface area (TPSA) is 41.6 Å². The Morgan fingerprint density at radius 1 is 1.50 bits per heavy atom. The molecule has 2 rings (SSSR count). The number of nitrogens with zero attached hydrogens (tertiary/aromatic N) is 2. The minimum Gasteiger partial charge on any atom is -0.345 e. The first-order valence-electron chi connectivity index (χ1n) is 2.80. The molecule has 0 fully saturated rings. The Kier molecular flexibility index (Phi) is 1.11. The van der Waals surface area contributed by atoms with E-state index >= 15 is 0 Å². The molecule has 3 nitrogen and oxygen atoms in total. The number of fused-ring (bicyclic) bond motifs is 1. The Balaban J connectivity index is 2.93. The molecule has 0 bridgehead atoms. The van der Waals surface area contributed by atoms with Gasteiger partial charge in [-0.15, -0.1) is 0 Å². The molecule has 0 aliphatic carbocycles. The van der Waals surface area contributed by atoms with Gasteiger partial charge >= 0.3 is 0 Å². The normalized spacial score (nSPS) is 10.5. The second-order valence-electron chi connectivity index (χ2n) is 1.92. The summed E-state index contributed by atoms with van der Waals surface area (Å²) in [5, 5.41) is 1.53. The van der Waals surface area contributed by atoms with E-state index in [1.807, 2.05) is 0 Å². The summed E-state index contributed by atoms with van der Waals surface area (Å²) >= 11 is 5.76. The van der Waals surface area contributed by atoms with Crippen molar-refractivity contribution < 1.29 is 0 Å². The van der Waals surface area contributed by atoms with Gasteiger partial charge < -0.3 is 4.98 Å². The van der Waals surface area contributed by atoms with Gasteiger partial charge in [0.15, 0.2) is 0 Å². The highest BCUT2D eigenvalue weighted by molar-refractivity contribution is 6.35. The van der Waals surface area contributed by atoms with Crippen LogP contribution in [0.25, 0.3) is 11.0 Å². The van der Waals surface area contributed by atoms with Gasteiger partial charge in [-0.1, -0.05) is 11.6 Å². The number of hydrogen-bond donors (Lipinski definition) is 1. The molecule has 0 aliphatic rings. The van der Waals surface area contributed by atoms with Crippen molar-refractivity contribution in [3.63, 3.8) is 0 Å². The average molecular weight is 154 g/mol. The molecule has 2 aromatic heterocycles. The fourth-order valence-corrected chi connectivity index (χ4v) is 1.02. The summed E-state index contributed by atoms with van der Waals surface area (Å²) in [7, 11) is 0. The van der Waals surface area contributed by atoms with E-state index in [0.717, 1.165) is 11.0 Å². The number of hydrogen-bond acceptors (Lipinski definition) is 2. The first-order chi connectivity index (χ1) is 4.88. The van der Waals surface area contributed by atoms with Crippen LogP contribution in [0.5, 0.6) is 0 Å². The maximum Gasteiger partial charge on any atom is 0.142 e. The lowest BCUT2D eigenvalue weighted by Crippen LogP contribution is -1.75. The lowest BCUT2D eigenvalue weighted by molar-refractivity contribution is 1.20. The van der Waals surface area contributed by atoms with Crippen LogP contribution < -0.4 is 0 Å². The highest BCUT2D eigenvalue weighted by Crippen LogP contribution is 2.18. The molecule has 0 unspecified atom stereocenters. The van der Waals surface area contributed by atoms with Gasteiger partial charge in [0, 0.05) is 12.4 Å². The van der Waals surface area contributed by atoms with Gasteiger partial charge in [-0.05, 0) is 0 Å². The Hall–Kier alpha value is -1.09. The largest absolute Gasteiger partial charge is 0.345 e. The maximum atomic E-state index is 5.76. The van der Waals surface area contributed by atoms with Crippen LogP contribution in [0.3, 0.4) is 0 Å². The molecule has 2 heterocycles. The van der Waals surface area contributed by atoms with E-state index in [9.17, 15) is 0 Å². The molecule has 0 aliphatic heterocycles. The fraction of sp³-hybridized carbons (Fsp3) is 0. The van der Waals surface area contributed by atoms with Crippen LogP contribution in [0.2, 0.25) is 5.02 Å². The molecular weight excluding hydrogens is 150 g/mol. The molecular formula is C6H4ClN3. The van der Waals surface area contributed by atoms with E-state index < -0.39 is 0 Å². The van der Waals surface area contributed by atoms with Crippen molar-refractivity contribution in [3.8, 4) is 0 Å². The predicted octanol–water partition coefficient (Wildman–Crippen LogP) is 1.61. The van der Waals surface area contributed by atoms with Crippen LogP contribution in [-0.4, -0.2) is 15.0 Å². The number of aromatic nitrogens is 3. The zero-order chi connectivity index (χ0) is 6.97. The third-order valence-corrected chi connectivity index (χ3v) is 1.62. The number of aromatic amines is 1. The monoisotopic (exact) mass is 153 g/mol. The van der Waals surface area contributed by atoms with Crippen molar-refractivity contribution in [2.45, 2.75) is 0 Å². The predicted molar refractivity (Wildman–Crippen MR) is 38.9 cm³/mol. The Bertz CT molecular complexity index is 355. The molecule has 0 saturated carbocycles. The van der Waals surface area contributed by atoms with Crippen molar-refractivity contribution in [1.29, 1.82) is 0 Å². The van der Waals surface area contributed by atoms with Gasteiger partial charge in [0.2, 0.25) is 0 Å². The minimum absolute atomic E-state index is 0.663. The second kappa shape index (κ2) is 1.95. The Labute approximate surface area is 62.1 Å². The molecule has 0 amide bonds. The summed E-state index contributed by atoms with van der Waals surface area (Å²) in [6.45, 7) is 0. The maximum absolute atomic E-state index is 5.76. The van der Waals surface area contributed by atoms with Gasteiger partial charge in [0.1, 0.15) is 12.0 Å². The first-order valence-corrected chi connectivity index (χ1v) is 3.18. The number of H-pyrrole nitrogens is 1. The van der Waals surface area contributed by atoms with Crippen molar-refractivity contribution in [2.75, 3.05) is 0 Å². The van der Waals surface area contributed by atoms with Gasteiger partial charge in [-0.3, -0.25) is 0 Å². The smallest absolute Gasteiger partial charge is 0.142 e. The van der Waals surface area contributed by atoms with Crippen molar-refractivity contribution in [3.05, 3.63) is 23.7 Å². The van der Waals surface area contributed by atoms with Gasteiger partial charge in [0.25, 0.3) is 0 Å². The quantitative estimate of drug-likeness (QED) is 0.625. The summed E-state index contributed by atoms with van der Waals surface area (Å²) in [6, 6.07) is 0. The third kappa shape index (κ3) is 0.675. The first kappa shape index (κ1) is 5.68. The molecule has 2 aromatic rings. The summed E-state index contributed by atoms with van der Waals surface area (Å²) in [5.41, 5.74) is 0.778. The molecule has 1 N–H and O–H groups in total. The molecule has 0 spiro atoms. The highest BCUT2D eigenvalue weighted by atomic mass is 35.5. The van der Waals surface area contributed by atoms with Gasteiger partial charge in [-0.2, -0.15) is 0 Å². The van der Waals surface area contributed by atoms with Crippen LogP contribution in [-0.2, 0) is 0 Å². The molecule has 0 saturated heterocycles. The van der Waals surface area contributed by atoms with E-state index in [2.05, 4.69) is 15.0 Å². The SMILES string of the molecule is Clc1c[nH]c2ncncc12. The molecule has 10 heavy (non-hydrogen) atoms. The van der Waals surface area contributed by atoms with Crippen LogP contribution >= 0.6 is 11.6 Å². The van der Waals surface area contributed by atoms with Crippen molar-refractivity contribution in [2.24, 2.45) is 0 Å². The Morgan fingerprint density at radius 2 is 2.40 bits per heavy atom. The van der Waals surface area contributed by atoms with Crippen molar-refractivity contribution >= 4 is 22.6 Å². The van der Waals surface area contributed by atoms with E-state index in [1.54, 1.807) is 12.4 Å². The fourth-order valence-electron chi connectivity index (χ4n) is 0.829. The summed E-state index contributed by atoms with van der Waals surface area (Å²) in [4.78, 5) is 10.7. The third-order valence-electron chi connectivity index (χ3n) is 1.31. The number of nitrogens with one attached hydrogen (secondary N) is 1. The van der Waals surface area contributed by atoms with Crippen LogP contribution in [0.4, 0.5) is 0 Å². The van der Waals surface area contributed by atoms with Crippen LogP contribution in [0.15, 0.2) is 18.7 Å². The Morgan fingerprint density at radius 3 is 3.20 bits per heavy atom. The van der Waals surface area contributed by atoms with Gasteiger partial charge in [0.05, 0.1) is 10.4 Å². The minimum atomic E-state index is 0.663. The van der Waals surface area contributed by atoms with E-state index in [0.29, 0.717) is 5.02 Å². The van der Waals surface area contributed by atoms with E-state index in [-0.39, 0.29) is 0 Å². The summed E-state index contributed by atoms with van der Waals surface area (Å²) in [6.07, 6.45) is 4.86. The van der Waals surface area contributed by atoms with E-state index in [1.165, 1.54) is 6.33 Å². The van der Waals surface area contributed by atoms with Crippen LogP contribution in [0.1, 0.15) is 0 Å². The lowest BCUT2D eigenvalue weighted by Gasteiger charge is -1.84. The highest BCUT2D eigenvalue weighted by Gasteiger charge is 1.98. The molecule has 50 valence electrons. The van der Waals surface area contributed by atoms with Crippen molar-refractivity contribution in [1.82, 2.24) is 15.0 Å². The molecule has 0 radical (unpaired) electrons. The number of rotatable bonds is 0. The molecule has 4 heteroatoms. The molecule has 0 atom stereocenters. The standard InChI is InChI=1S/C6H4ClN3/c7-5-2-9-6-4(5)1-8-3-10-6/h1-3H,(H,8,9,10). The zero-order valence-corrected chi connectivity index (χ0v) is 5.76. The second-order valence-corrected chi connectivity index (χ2v) is 2.33. The summed E-state index contributed by atoms with van der Waals surface area (Å²) < 4.78 is 0. The van der Waals surface area contributed by atoms with Gasteiger partial charge in [-0.25, -0.2) is 9.97 Å². The lowest BCUT2D eigenvalue weighted by atomic mass is 10.4. The average Bonchev–Trinajstić information content (AvgIpc) is 2.34.